The maximum atomic E-state index is 12.6. The molecule has 116 valence electrons. The first kappa shape index (κ1) is 15.1. The van der Waals surface area contributed by atoms with Crippen LogP contribution in [0.15, 0.2) is 23.1 Å². The van der Waals surface area contributed by atoms with Gasteiger partial charge in [0.25, 0.3) is 0 Å². The zero-order valence-corrected chi connectivity index (χ0v) is 13.6. The minimum atomic E-state index is -3.74. The molecule has 2 fully saturated rings. The van der Waals surface area contributed by atoms with Crippen LogP contribution >= 0.6 is 11.6 Å². The van der Waals surface area contributed by atoms with Gasteiger partial charge >= 0.3 is 0 Å². The largest absolute Gasteiger partial charge is 0.495 e. The van der Waals surface area contributed by atoms with E-state index in [2.05, 4.69) is 0 Å². The van der Waals surface area contributed by atoms with Crippen LogP contribution in [0.25, 0.3) is 0 Å². The van der Waals surface area contributed by atoms with Gasteiger partial charge in [0.05, 0.1) is 28.0 Å². The molecule has 0 amide bonds. The van der Waals surface area contributed by atoms with Gasteiger partial charge in [-0.25, -0.2) is 16.8 Å². The molecule has 2 aliphatic heterocycles. The molecule has 0 aliphatic carbocycles. The van der Waals surface area contributed by atoms with Gasteiger partial charge in [-0.1, -0.05) is 11.6 Å². The van der Waals surface area contributed by atoms with Crippen LogP contribution in [0.1, 0.15) is 6.42 Å². The van der Waals surface area contributed by atoms with Gasteiger partial charge in [0.1, 0.15) is 5.75 Å². The van der Waals surface area contributed by atoms with Crippen LogP contribution in [-0.4, -0.2) is 51.8 Å². The zero-order valence-electron chi connectivity index (χ0n) is 11.2. The van der Waals surface area contributed by atoms with Crippen molar-refractivity contribution in [3.8, 4) is 5.75 Å². The molecule has 2 heterocycles. The number of methoxy groups -OCH3 is 1. The van der Waals surface area contributed by atoms with Crippen molar-refractivity contribution in [1.29, 1.82) is 0 Å². The van der Waals surface area contributed by atoms with Crippen LogP contribution in [0.5, 0.6) is 5.75 Å². The molecule has 0 aromatic heterocycles. The predicted octanol–water partition coefficient (Wildman–Crippen LogP) is 0.909. The molecule has 9 heteroatoms. The highest BCUT2D eigenvalue weighted by atomic mass is 35.5. The molecule has 0 saturated carbocycles. The van der Waals surface area contributed by atoms with Gasteiger partial charge < -0.3 is 4.74 Å². The van der Waals surface area contributed by atoms with Gasteiger partial charge in [-0.05, 0) is 24.6 Å². The molecule has 0 radical (unpaired) electrons. The molecule has 0 spiro atoms. The fourth-order valence-corrected chi connectivity index (χ4v) is 7.14. The van der Waals surface area contributed by atoms with E-state index in [0.29, 0.717) is 12.2 Å². The van der Waals surface area contributed by atoms with E-state index in [1.807, 2.05) is 0 Å². The predicted molar refractivity (Wildman–Crippen MR) is 77.9 cm³/mol. The minimum Gasteiger partial charge on any atom is -0.495 e. The van der Waals surface area contributed by atoms with Crippen molar-refractivity contribution in [1.82, 2.24) is 4.31 Å². The highest BCUT2D eigenvalue weighted by Crippen LogP contribution is 2.37. The third kappa shape index (κ3) is 2.34. The Hall–Kier alpha value is -0.830. The van der Waals surface area contributed by atoms with Crippen LogP contribution in [0.2, 0.25) is 5.02 Å². The van der Waals surface area contributed by atoms with E-state index in [9.17, 15) is 16.8 Å². The third-order valence-corrected chi connectivity index (χ3v) is 8.40. The lowest BCUT2D eigenvalue weighted by Crippen LogP contribution is -2.43. The van der Waals surface area contributed by atoms with Gasteiger partial charge in [-0.2, -0.15) is 4.31 Å². The molecule has 2 unspecified atom stereocenters. The van der Waals surface area contributed by atoms with Crippen molar-refractivity contribution >= 4 is 31.5 Å². The molecule has 0 N–H and O–H groups in total. The molecule has 2 saturated heterocycles. The van der Waals surface area contributed by atoms with E-state index in [-0.39, 0.29) is 22.2 Å². The van der Waals surface area contributed by atoms with E-state index in [4.69, 9.17) is 16.3 Å². The molecule has 21 heavy (non-hydrogen) atoms. The van der Waals surface area contributed by atoms with Crippen LogP contribution in [-0.2, 0) is 19.9 Å². The Bertz CT molecular complexity index is 790. The molecule has 1 aromatic rings. The van der Waals surface area contributed by atoms with Crippen LogP contribution < -0.4 is 4.74 Å². The summed E-state index contributed by atoms with van der Waals surface area (Å²) < 4.78 is 54.9. The average Bonchev–Trinajstić information content (AvgIpc) is 2.94. The minimum absolute atomic E-state index is 0.0268. The molecule has 2 bridgehead atoms. The second-order valence-electron chi connectivity index (χ2n) is 5.21. The number of sulfonamides is 1. The fourth-order valence-electron chi connectivity index (χ4n) is 2.90. The van der Waals surface area contributed by atoms with Gasteiger partial charge in [0.15, 0.2) is 9.84 Å². The summed E-state index contributed by atoms with van der Waals surface area (Å²) in [5.74, 6) is 0.293. The SMILES string of the molecule is COc1ccc(S(=O)(=O)N2CC3CC2CS3(=O)=O)cc1Cl. The lowest BCUT2D eigenvalue weighted by molar-refractivity contribution is 0.401. The van der Waals surface area contributed by atoms with E-state index in [1.54, 1.807) is 0 Å². The second-order valence-corrected chi connectivity index (χ2v) is 9.84. The molecule has 6 nitrogen and oxygen atoms in total. The van der Waals surface area contributed by atoms with Crippen LogP contribution in [0.4, 0.5) is 0 Å². The molecular formula is C12H14ClNO5S2. The second kappa shape index (κ2) is 4.84. The standard InChI is InChI=1S/C12H14ClNO5S2/c1-19-12-3-2-9(5-11(12)13)21(17,18)14-6-10-4-8(14)7-20(10,15)16/h2-3,5,8,10H,4,6-7H2,1H3. The number of ether oxygens (including phenoxy) is 1. The Morgan fingerprint density at radius 2 is 2.10 bits per heavy atom. The number of fused-ring (bicyclic) bond motifs is 2. The van der Waals surface area contributed by atoms with Gasteiger partial charge in [0, 0.05) is 12.6 Å². The van der Waals surface area contributed by atoms with Crippen molar-refractivity contribution in [2.75, 3.05) is 19.4 Å². The maximum absolute atomic E-state index is 12.6. The first-order chi connectivity index (χ1) is 9.75. The summed E-state index contributed by atoms with van der Waals surface area (Å²) in [5.41, 5.74) is 0. The Labute approximate surface area is 128 Å². The number of benzene rings is 1. The van der Waals surface area contributed by atoms with Gasteiger partial charge in [-0.3, -0.25) is 0 Å². The van der Waals surface area contributed by atoms with Crippen molar-refractivity contribution in [3.63, 3.8) is 0 Å². The first-order valence-electron chi connectivity index (χ1n) is 6.32. The summed E-state index contributed by atoms with van der Waals surface area (Å²) in [6.45, 7) is 0.0268. The van der Waals surface area contributed by atoms with E-state index in [1.165, 1.54) is 29.6 Å². The summed E-state index contributed by atoms with van der Waals surface area (Å²) in [6.07, 6.45) is 0.380. The van der Waals surface area contributed by atoms with Crippen molar-refractivity contribution in [2.24, 2.45) is 0 Å². The third-order valence-electron chi connectivity index (χ3n) is 3.99. The molecule has 1 aromatic carbocycles. The number of hydrogen-bond donors (Lipinski definition) is 0. The lowest BCUT2D eigenvalue weighted by atomic mass is 10.3. The number of nitrogens with zero attached hydrogens (tertiary/aromatic N) is 1. The molecule has 2 aliphatic rings. The van der Waals surface area contributed by atoms with Crippen molar-refractivity contribution in [2.45, 2.75) is 22.6 Å². The quantitative estimate of drug-likeness (QED) is 0.808. The van der Waals surface area contributed by atoms with Crippen LogP contribution in [0, 0.1) is 0 Å². The van der Waals surface area contributed by atoms with Crippen molar-refractivity contribution in [3.05, 3.63) is 23.2 Å². The molecule has 2 atom stereocenters. The summed E-state index contributed by atoms with van der Waals surface area (Å²) in [6, 6.07) is 3.77. The molecular weight excluding hydrogens is 338 g/mol. The van der Waals surface area contributed by atoms with E-state index >= 15 is 0 Å². The highest BCUT2D eigenvalue weighted by molar-refractivity contribution is 7.93. The Balaban J connectivity index is 1.94. The molecule has 3 rings (SSSR count). The maximum Gasteiger partial charge on any atom is 0.243 e. The summed E-state index contributed by atoms with van der Waals surface area (Å²) in [4.78, 5) is 0.0539. The van der Waals surface area contributed by atoms with Crippen LogP contribution in [0.3, 0.4) is 0 Å². The number of rotatable bonds is 3. The van der Waals surface area contributed by atoms with Crippen molar-refractivity contribution < 1.29 is 21.6 Å². The number of hydrogen-bond acceptors (Lipinski definition) is 5. The van der Waals surface area contributed by atoms with Gasteiger partial charge in [-0.15, -0.1) is 0 Å². The number of halogens is 1. The smallest absolute Gasteiger partial charge is 0.243 e. The Morgan fingerprint density at radius 1 is 1.38 bits per heavy atom. The summed E-state index contributed by atoms with van der Waals surface area (Å²) >= 11 is 5.96. The summed E-state index contributed by atoms with van der Waals surface area (Å²) in [5, 5.41) is -0.374. The Morgan fingerprint density at radius 3 is 2.57 bits per heavy atom. The first-order valence-corrected chi connectivity index (χ1v) is 9.86. The number of sulfone groups is 1. The highest BCUT2D eigenvalue weighted by Gasteiger charge is 2.52. The zero-order chi connectivity index (χ0) is 15.4. The topological polar surface area (TPSA) is 80.8 Å². The van der Waals surface area contributed by atoms with E-state index in [0.717, 1.165) is 0 Å². The normalized spacial score (nSPS) is 27.9. The lowest BCUT2D eigenvalue weighted by Gasteiger charge is -2.26. The van der Waals surface area contributed by atoms with Gasteiger partial charge in [0.2, 0.25) is 10.0 Å². The fraction of sp³-hybridized carbons (Fsp3) is 0.500. The monoisotopic (exact) mass is 351 g/mol. The summed E-state index contributed by atoms with van der Waals surface area (Å²) in [7, 11) is -5.43. The van der Waals surface area contributed by atoms with E-state index < -0.39 is 31.2 Å². The average molecular weight is 352 g/mol. The Kier molecular flexibility index (Phi) is 3.47.